The maximum absolute atomic E-state index is 13.6. The Morgan fingerprint density at radius 2 is 2.17 bits per heavy atom. The van der Waals surface area contributed by atoms with Gasteiger partial charge in [0.2, 0.25) is 5.91 Å². The van der Waals surface area contributed by atoms with Crippen molar-refractivity contribution in [1.82, 2.24) is 10.2 Å². The van der Waals surface area contributed by atoms with Gasteiger partial charge in [-0.15, -0.1) is 12.4 Å². The summed E-state index contributed by atoms with van der Waals surface area (Å²) >= 11 is 0. The smallest absolute Gasteiger partial charge is 0.253 e. The van der Waals surface area contributed by atoms with Crippen LogP contribution in [0.25, 0.3) is 0 Å². The molecule has 23 heavy (non-hydrogen) atoms. The summed E-state index contributed by atoms with van der Waals surface area (Å²) in [6.07, 6.45) is 1.52. The Hall–Kier alpha value is -1.66. The number of rotatable bonds is 4. The Balaban J connectivity index is 0.00000264. The van der Waals surface area contributed by atoms with Gasteiger partial charge in [-0.2, -0.15) is 0 Å². The number of carbonyl (C=O) groups excluding carboxylic acids is 2. The molecule has 0 aliphatic carbocycles. The van der Waals surface area contributed by atoms with E-state index in [1.54, 1.807) is 24.0 Å². The van der Waals surface area contributed by atoms with Gasteiger partial charge in [0.25, 0.3) is 5.91 Å². The van der Waals surface area contributed by atoms with Gasteiger partial charge in [0.05, 0.1) is 5.92 Å². The van der Waals surface area contributed by atoms with Gasteiger partial charge in [-0.25, -0.2) is 4.39 Å². The monoisotopic (exact) mass is 343 g/mol. The molecule has 1 aliphatic heterocycles. The van der Waals surface area contributed by atoms with E-state index in [1.807, 2.05) is 0 Å². The summed E-state index contributed by atoms with van der Waals surface area (Å²) in [5, 5.41) is 2.76. The van der Waals surface area contributed by atoms with Crippen LogP contribution in [-0.2, 0) is 4.79 Å². The zero-order chi connectivity index (χ0) is 16.1. The minimum Gasteiger partial charge on any atom is -0.355 e. The van der Waals surface area contributed by atoms with Gasteiger partial charge in [-0.1, -0.05) is 6.07 Å². The van der Waals surface area contributed by atoms with E-state index in [1.165, 1.54) is 6.07 Å². The van der Waals surface area contributed by atoms with E-state index in [0.29, 0.717) is 37.3 Å². The molecule has 3 N–H and O–H groups in total. The first-order valence-electron chi connectivity index (χ1n) is 7.56. The standard InChI is InChI=1S/C16H22FN3O2.ClH/c1-11-4-5-12(9-14(11)17)16(22)20-8-2-3-13(10-20)15(21)19-7-6-18;/h4-5,9,13H,2-3,6-8,10,18H2,1H3,(H,19,21);1H. The van der Waals surface area contributed by atoms with E-state index in [4.69, 9.17) is 5.73 Å². The molecule has 0 aromatic heterocycles. The van der Waals surface area contributed by atoms with E-state index in [-0.39, 0.29) is 36.0 Å². The van der Waals surface area contributed by atoms with E-state index < -0.39 is 0 Å². The van der Waals surface area contributed by atoms with Crippen LogP contribution >= 0.6 is 12.4 Å². The van der Waals surface area contributed by atoms with Crippen LogP contribution in [0.3, 0.4) is 0 Å². The number of benzene rings is 1. The fraction of sp³-hybridized carbons (Fsp3) is 0.500. The summed E-state index contributed by atoms with van der Waals surface area (Å²) < 4.78 is 13.6. The number of nitrogens with zero attached hydrogens (tertiary/aromatic N) is 1. The highest BCUT2D eigenvalue weighted by Crippen LogP contribution is 2.19. The van der Waals surface area contributed by atoms with Gasteiger partial charge >= 0.3 is 0 Å². The Morgan fingerprint density at radius 1 is 1.43 bits per heavy atom. The van der Waals surface area contributed by atoms with Gasteiger partial charge in [0.1, 0.15) is 5.82 Å². The average Bonchev–Trinajstić information content (AvgIpc) is 2.54. The molecule has 5 nitrogen and oxygen atoms in total. The summed E-state index contributed by atoms with van der Waals surface area (Å²) in [5.74, 6) is -0.909. The van der Waals surface area contributed by atoms with Gasteiger partial charge < -0.3 is 16.0 Å². The van der Waals surface area contributed by atoms with Crippen molar-refractivity contribution in [3.8, 4) is 0 Å². The van der Waals surface area contributed by atoms with Crippen LogP contribution < -0.4 is 11.1 Å². The molecule has 128 valence electrons. The lowest BCUT2D eigenvalue weighted by molar-refractivity contribution is -0.126. The Morgan fingerprint density at radius 3 is 2.83 bits per heavy atom. The SMILES string of the molecule is Cc1ccc(C(=O)N2CCCC(C(=O)NCCN)C2)cc1F.Cl. The molecular weight excluding hydrogens is 321 g/mol. The molecule has 1 unspecified atom stereocenters. The Bertz CT molecular complexity index is 568. The molecule has 1 aromatic rings. The maximum atomic E-state index is 13.6. The lowest BCUT2D eigenvalue weighted by Gasteiger charge is -2.32. The van der Waals surface area contributed by atoms with Gasteiger partial charge in [0.15, 0.2) is 0 Å². The number of piperidine rings is 1. The summed E-state index contributed by atoms with van der Waals surface area (Å²) in [7, 11) is 0. The quantitative estimate of drug-likeness (QED) is 0.869. The van der Waals surface area contributed by atoms with Crippen LogP contribution in [0.2, 0.25) is 0 Å². The fourth-order valence-corrected chi connectivity index (χ4v) is 2.62. The molecule has 7 heteroatoms. The normalized spacial score (nSPS) is 17.3. The van der Waals surface area contributed by atoms with E-state index in [9.17, 15) is 14.0 Å². The number of aryl methyl sites for hydroxylation is 1. The van der Waals surface area contributed by atoms with Crippen LogP contribution in [0.5, 0.6) is 0 Å². The van der Waals surface area contributed by atoms with Gasteiger partial charge in [-0.3, -0.25) is 9.59 Å². The fourth-order valence-electron chi connectivity index (χ4n) is 2.62. The third kappa shape index (κ3) is 4.91. The number of likely N-dealkylation sites (tertiary alicyclic amines) is 1. The number of nitrogens with two attached hydrogens (primary N) is 1. The van der Waals surface area contributed by atoms with Crippen LogP contribution in [0.4, 0.5) is 4.39 Å². The third-order valence-corrected chi connectivity index (χ3v) is 3.94. The number of carbonyl (C=O) groups is 2. The highest BCUT2D eigenvalue weighted by Gasteiger charge is 2.28. The Kier molecular flexibility index (Phi) is 7.45. The number of halogens is 2. The van der Waals surface area contributed by atoms with Crippen molar-refractivity contribution >= 4 is 24.2 Å². The average molecular weight is 344 g/mol. The molecule has 1 aromatic carbocycles. The molecule has 2 amide bonds. The van der Waals surface area contributed by atoms with E-state index in [0.717, 1.165) is 12.8 Å². The van der Waals surface area contributed by atoms with Crippen molar-refractivity contribution < 1.29 is 14.0 Å². The highest BCUT2D eigenvalue weighted by molar-refractivity contribution is 5.94. The van der Waals surface area contributed by atoms with Crippen molar-refractivity contribution in [2.45, 2.75) is 19.8 Å². The zero-order valence-corrected chi connectivity index (χ0v) is 14.0. The molecule has 0 spiro atoms. The maximum Gasteiger partial charge on any atom is 0.253 e. The first kappa shape index (κ1) is 19.4. The molecule has 0 bridgehead atoms. The number of hydrogen-bond acceptors (Lipinski definition) is 3. The van der Waals surface area contributed by atoms with Gasteiger partial charge in [-0.05, 0) is 37.5 Å². The number of nitrogens with one attached hydrogen (secondary N) is 1. The second-order valence-corrected chi connectivity index (χ2v) is 5.63. The van der Waals surface area contributed by atoms with Crippen molar-refractivity contribution in [1.29, 1.82) is 0 Å². The zero-order valence-electron chi connectivity index (χ0n) is 13.2. The first-order valence-corrected chi connectivity index (χ1v) is 7.56. The molecule has 2 rings (SSSR count). The van der Waals surface area contributed by atoms with Crippen LogP contribution in [0.15, 0.2) is 18.2 Å². The predicted octanol–water partition coefficient (Wildman–Crippen LogP) is 1.48. The first-order chi connectivity index (χ1) is 10.5. The summed E-state index contributed by atoms with van der Waals surface area (Å²) in [6, 6.07) is 4.48. The van der Waals surface area contributed by atoms with Crippen molar-refractivity contribution in [2.75, 3.05) is 26.2 Å². The van der Waals surface area contributed by atoms with Crippen LogP contribution in [0, 0.1) is 18.7 Å². The molecule has 0 saturated carbocycles. The van der Waals surface area contributed by atoms with E-state index >= 15 is 0 Å². The molecule has 0 radical (unpaired) electrons. The second-order valence-electron chi connectivity index (χ2n) is 5.63. The van der Waals surface area contributed by atoms with Crippen molar-refractivity contribution in [2.24, 2.45) is 11.7 Å². The number of amides is 2. The molecular formula is C16H23ClFN3O2. The minimum atomic E-state index is -0.389. The lowest BCUT2D eigenvalue weighted by atomic mass is 9.96. The second kappa shape index (κ2) is 8.84. The molecule has 1 heterocycles. The van der Waals surface area contributed by atoms with Gasteiger partial charge in [0, 0.05) is 31.7 Å². The molecule has 1 atom stereocenters. The summed E-state index contributed by atoms with van der Waals surface area (Å²) in [5.41, 5.74) is 6.20. The Labute approximate surface area is 141 Å². The van der Waals surface area contributed by atoms with E-state index in [2.05, 4.69) is 5.32 Å². The topological polar surface area (TPSA) is 75.4 Å². The summed E-state index contributed by atoms with van der Waals surface area (Å²) in [6.45, 7) is 3.44. The van der Waals surface area contributed by atoms with Crippen molar-refractivity contribution in [3.63, 3.8) is 0 Å². The minimum absolute atomic E-state index is 0. The van der Waals surface area contributed by atoms with Crippen LogP contribution in [-0.4, -0.2) is 42.9 Å². The number of hydrogen-bond donors (Lipinski definition) is 2. The molecule has 1 aliphatic rings. The highest BCUT2D eigenvalue weighted by atomic mass is 35.5. The largest absolute Gasteiger partial charge is 0.355 e. The predicted molar refractivity (Wildman–Crippen MR) is 89.1 cm³/mol. The van der Waals surface area contributed by atoms with Crippen LogP contribution in [0.1, 0.15) is 28.8 Å². The summed E-state index contributed by atoms with van der Waals surface area (Å²) in [4.78, 5) is 26.1. The third-order valence-electron chi connectivity index (χ3n) is 3.94. The molecule has 1 saturated heterocycles. The molecule has 1 fully saturated rings. The lowest BCUT2D eigenvalue weighted by Crippen LogP contribution is -2.46. The van der Waals surface area contributed by atoms with Crippen molar-refractivity contribution in [3.05, 3.63) is 35.1 Å².